The maximum Gasteiger partial charge on any atom is 0.338 e. The van der Waals surface area contributed by atoms with E-state index in [1.54, 1.807) is 20.8 Å². The summed E-state index contributed by atoms with van der Waals surface area (Å²) in [7, 11) is 0. The molecule has 0 radical (unpaired) electrons. The summed E-state index contributed by atoms with van der Waals surface area (Å²) in [4.78, 5) is 42.2. The molecule has 0 spiro atoms. The lowest BCUT2D eigenvalue weighted by Gasteiger charge is -2.24. The van der Waals surface area contributed by atoms with Crippen LogP contribution >= 0.6 is 11.6 Å². The number of nitrogens with one attached hydrogen (secondary N) is 1. The normalized spacial score (nSPS) is 11.4. The molecule has 2 N–H and O–H groups in total. The number of esters is 1. The molecular weight excluding hydrogens is 618 g/mol. The summed E-state index contributed by atoms with van der Waals surface area (Å²) in [5.74, 6) is -2.45. The van der Waals surface area contributed by atoms with Gasteiger partial charge in [0.05, 0.1) is 47.3 Å². The van der Waals surface area contributed by atoms with E-state index in [2.05, 4.69) is 28.3 Å². The van der Waals surface area contributed by atoms with Crippen molar-refractivity contribution in [2.75, 3.05) is 11.9 Å². The Morgan fingerprint density at radius 2 is 1.66 bits per heavy atom. The fraction of sp³-hybridized carbons (Fsp3) is 0.444. The number of hydrogen-bond acceptors (Lipinski definition) is 6. The average Bonchev–Trinajstić information content (AvgIpc) is 3.53. The molecule has 0 saturated heterocycles. The molecule has 3 aromatic rings. The van der Waals surface area contributed by atoms with Crippen LogP contribution in [-0.2, 0) is 9.53 Å². The first-order valence-corrected chi connectivity index (χ1v) is 16.4. The molecule has 0 aliphatic carbocycles. The first-order valence-electron chi connectivity index (χ1n) is 16.0. The summed E-state index contributed by atoms with van der Waals surface area (Å²) in [6, 6.07) is 5.26. The highest BCUT2D eigenvalue weighted by Gasteiger charge is 2.31. The molecular formula is C36H42ClN5O5. The number of anilines is 1. The highest BCUT2D eigenvalue weighted by Crippen LogP contribution is 2.38. The molecule has 10 nitrogen and oxygen atoms in total. The number of rotatable bonds is 17. The Balaban J connectivity index is 1.78. The fourth-order valence-electron chi connectivity index (χ4n) is 5.73. The lowest BCUT2D eigenvalue weighted by Crippen LogP contribution is -2.29. The minimum Gasteiger partial charge on any atom is -0.478 e. The summed E-state index contributed by atoms with van der Waals surface area (Å²) in [5, 5.41) is 26.5. The predicted molar refractivity (Wildman–Crippen MR) is 181 cm³/mol. The molecule has 1 heterocycles. The number of halogens is 1. The number of nitriles is 1. The molecule has 2 aromatic carbocycles. The van der Waals surface area contributed by atoms with E-state index in [0.717, 1.165) is 25.5 Å². The largest absolute Gasteiger partial charge is 0.478 e. The van der Waals surface area contributed by atoms with Gasteiger partial charge in [-0.25, -0.2) is 14.4 Å². The van der Waals surface area contributed by atoms with Crippen molar-refractivity contribution in [3.63, 3.8) is 0 Å². The summed E-state index contributed by atoms with van der Waals surface area (Å²) in [6.45, 7) is 15.2. The van der Waals surface area contributed by atoms with Crippen molar-refractivity contribution in [3.05, 3.63) is 86.0 Å². The van der Waals surface area contributed by atoms with E-state index in [4.69, 9.17) is 22.9 Å². The Morgan fingerprint density at radius 3 is 2.23 bits per heavy atom. The molecule has 1 unspecified atom stereocenters. The number of amides is 1. The second-order valence-electron chi connectivity index (χ2n) is 11.7. The highest BCUT2D eigenvalue weighted by molar-refractivity contribution is 6.34. The van der Waals surface area contributed by atoms with Crippen molar-refractivity contribution in [2.45, 2.75) is 97.9 Å². The minimum atomic E-state index is -1.28. The smallest absolute Gasteiger partial charge is 0.338 e. The van der Waals surface area contributed by atoms with Crippen LogP contribution in [0.1, 0.15) is 126 Å². The number of aromatic carboxylic acids is 1. The van der Waals surface area contributed by atoms with Crippen molar-refractivity contribution in [2.24, 2.45) is 0 Å². The van der Waals surface area contributed by atoms with Crippen LogP contribution in [0, 0.1) is 38.7 Å². The SMILES string of the molecule is [C-]#[N+]c1c(C)c(C#N)c(C)c(C(C(=O)Nc2cc(C(=O)OCCCCCCCCCCCC)ccc2Cl)n2cc(C(=O)O)cn2)c1C. The highest BCUT2D eigenvalue weighted by atomic mass is 35.5. The Morgan fingerprint density at radius 1 is 1.02 bits per heavy atom. The van der Waals surface area contributed by atoms with Crippen LogP contribution in [0.3, 0.4) is 0 Å². The van der Waals surface area contributed by atoms with E-state index in [1.165, 1.54) is 74.0 Å². The topological polar surface area (TPSA) is 139 Å². The van der Waals surface area contributed by atoms with Crippen LogP contribution in [0.4, 0.5) is 11.4 Å². The first kappa shape index (κ1) is 36.8. The van der Waals surface area contributed by atoms with Crippen molar-refractivity contribution in [1.29, 1.82) is 5.26 Å². The zero-order valence-electron chi connectivity index (χ0n) is 27.5. The van der Waals surface area contributed by atoms with Crippen LogP contribution < -0.4 is 5.32 Å². The molecule has 248 valence electrons. The van der Waals surface area contributed by atoms with Gasteiger partial charge in [0.25, 0.3) is 5.91 Å². The number of hydrogen-bond donors (Lipinski definition) is 2. The maximum atomic E-state index is 14.0. The number of carboxylic acid groups (broad SMARTS) is 1. The number of benzene rings is 2. The predicted octanol–water partition coefficient (Wildman–Crippen LogP) is 8.89. The van der Waals surface area contributed by atoms with E-state index in [-0.39, 0.29) is 39.7 Å². The third kappa shape index (κ3) is 9.43. The second kappa shape index (κ2) is 17.9. The molecule has 11 heteroatoms. The van der Waals surface area contributed by atoms with Gasteiger partial charge in [0.2, 0.25) is 0 Å². The monoisotopic (exact) mass is 659 g/mol. The van der Waals surface area contributed by atoms with Crippen LogP contribution in [0.25, 0.3) is 4.85 Å². The zero-order valence-corrected chi connectivity index (χ0v) is 28.2. The number of aromatic nitrogens is 2. The standard InChI is InChI=1S/C36H42ClN5O5/c1-6-7-8-9-10-11-12-13-14-15-18-47-36(46)26-16-17-29(37)30(19-26)41-34(43)33(42-22-27(21-40-42)35(44)45)31-23(2)28(20-38)24(3)32(39-5)25(31)4/h16-17,19,21-22,33H,6-15,18H2,1-4H3,(H,41,43)(H,44,45). The molecule has 3 rings (SSSR count). The van der Waals surface area contributed by atoms with Crippen LogP contribution in [0.15, 0.2) is 30.6 Å². The Kier molecular flexibility index (Phi) is 14.0. The summed E-state index contributed by atoms with van der Waals surface area (Å²) >= 11 is 6.44. The van der Waals surface area contributed by atoms with Gasteiger partial charge in [0.1, 0.15) is 0 Å². The molecule has 1 amide bonds. The first-order chi connectivity index (χ1) is 22.5. The van der Waals surface area contributed by atoms with Gasteiger partial charge in [0, 0.05) is 11.8 Å². The fourth-order valence-corrected chi connectivity index (χ4v) is 5.89. The van der Waals surface area contributed by atoms with Gasteiger partial charge in [-0.2, -0.15) is 10.4 Å². The number of carbonyl (C=O) groups is 3. The Labute approximate surface area is 281 Å². The second-order valence-corrected chi connectivity index (χ2v) is 12.1. The number of nitrogens with zero attached hydrogens (tertiary/aromatic N) is 4. The number of carboxylic acids is 1. The van der Waals surface area contributed by atoms with Crippen molar-refractivity contribution >= 4 is 40.8 Å². The molecule has 0 aliphatic heterocycles. The Bertz CT molecular complexity index is 1640. The van der Waals surface area contributed by atoms with Gasteiger partial charge >= 0.3 is 11.9 Å². The molecule has 1 atom stereocenters. The minimum absolute atomic E-state index is 0.133. The molecule has 0 aliphatic rings. The van der Waals surface area contributed by atoms with E-state index in [9.17, 15) is 24.8 Å². The molecule has 0 fully saturated rings. The van der Waals surface area contributed by atoms with Gasteiger partial charge in [-0.3, -0.25) is 9.48 Å². The van der Waals surface area contributed by atoms with Crippen LogP contribution in [0.5, 0.6) is 0 Å². The lowest BCUT2D eigenvalue weighted by atomic mass is 9.87. The lowest BCUT2D eigenvalue weighted by molar-refractivity contribution is -0.118. The molecule has 0 saturated carbocycles. The summed E-state index contributed by atoms with van der Waals surface area (Å²) in [6.07, 6.45) is 14.0. The van der Waals surface area contributed by atoms with Gasteiger partial charge in [-0.1, -0.05) is 76.3 Å². The van der Waals surface area contributed by atoms with Crippen molar-refractivity contribution < 1.29 is 24.2 Å². The third-order valence-corrected chi connectivity index (χ3v) is 8.65. The van der Waals surface area contributed by atoms with Crippen LogP contribution in [-0.4, -0.2) is 39.3 Å². The zero-order chi connectivity index (χ0) is 34.5. The summed E-state index contributed by atoms with van der Waals surface area (Å²) in [5.41, 5.74) is 2.37. The number of unbranched alkanes of at least 4 members (excludes halogenated alkanes) is 9. The van der Waals surface area contributed by atoms with E-state index >= 15 is 0 Å². The van der Waals surface area contributed by atoms with Crippen molar-refractivity contribution in [1.82, 2.24) is 9.78 Å². The van der Waals surface area contributed by atoms with Gasteiger partial charge in [0.15, 0.2) is 11.7 Å². The van der Waals surface area contributed by atoms with Gasteiger partial charge < -0.3 is 15.2 Å². The number of ether oxygens (including phenoxy) is 1. The van der Waals surface area contributed by atoms with E-state index in [0.29, 0.717) is 22.3 Å². The van der Waals surface area contributed by atoms with E-state index < -0.39 is 23.9 Å². The maximum absolute atomic E-state index is 14.0. The van der Waals surface area contributed by atoms with Gasteiger partial charge in [-0.05, 0) is 67.6 Å². The third-order valence-electron chi connectivity index (χ3n) is 8.32. The molecule has 1 aromatic heterocycles. The number of carbonyl (C=O) groups excluding carboxylic acids is 2. The Hall–Kier alpha value is -4.67. The van der Waals surface area contributed by atoms with Gasteiger partial charge in [-0.15, -0.1) is 0 Å². The van der Waals surface area contributed by atoms with Crippen LogP contribution in [0.2, 0.25) is 5.02 Å². The molecule has 47 heavy (non-hydrogen) atoms. The van der Waals surface area contributed by atoms with Crippen molar-refractivity contribution in [3.8, 4) is 6.07 Å². The molecule has 0 bridgehead atoms. The quantitative estimate of drug-likeness (QED) is 0.0838. The average molecular weight is 660 g/mol. The van der Waals surface area contributed by atoms with E-state index in [1.807, 2.05) is 0 Å². The summed E-state index contributed by atoms with van der Waals surface area (Å²) < 4.78 is 6.66.